The van der Waals surface area contributed by atoms with Gasteiger partial charge in [0.25, 0.3) is 0 Å². The van der Waals surface area contributed by atoms with Crippen LogP contribution in [0.25, 0.3) is 0 Å². The van der Waals surface area contributed by atoms with Crippen molar-refractivity contribution in [3.63, 3.8) is 0 Å². The summed E-state index contributed by atoms with van der Waals surface area (Å²) in [7, 11) is 0. The number of benzene rings is 1. The van der Waals surface area contributed by atoms with Gasteiger partial charge in [-0.15, -0.1) is 0 Å². The molecule has 1 aliphatic carbocycles. The van der Waals surface area contributed by atoms with Gasteiger partial charge in [0.15, 0.2) is 0 Å². The fourth-order valence-electron chi connectivity index (χ4n) is 2.50. The summed E-state index contributed by atoms with van der Waals surface area (Å²) >= 11 is 6.09. The SMILES string of the molecule is Cc1nc(Cl)c(C)c(Nc2ccc3c(c2)CCC3)n1. The molecule has 4 heteroatoms. The molecule has 0 amide bonds. The summed E-state index contributed by atoms with van der Waals surface area (Å²) in [6, 6.07) is 6.53. The van der Waals surface area contributed by atoms with Crippen molar-refractivity contribution in [1.29, 1.82) is 0 Å². The van der Waals surface area contributed by atoms with E-state index in [9.17, 15) is 0 Å². The van der Waals surface area contributed by atoms with Crippen LogP contribution in [0.3, 0.4) is 0 Å². The summed E-state index contributed by atoms with van der Waals surface area (Å²) < 4.78 is 0. The number of aryl methyl sites for hydroxylation is 3. The Morgan fingerprint density at radius 1 is 1.11 bits per heavy atom. The normalized spacial score (nSPS) is 13.4. The molecule has 0 bridgehead atoms. The average molecular weight is 274 g/mol. The predicted molar refractivity (Wildman–Crippen MR) is 78.3 cm³/mol. The Bertz CT molecular complexity index is 638. The quantitative estimate of drug-likeness (QED) is 0.841. The second-order valence-corrected chi connectivity index (χ2v) is 5.36. The second kappa shape index (κ2) is 4.82. The van der Waals surface area contributed by atoms with Gasteiger partial charge < -0.3 is 5.32 Å². The van der Waals surface area contributed by atoms with Gasteiger partial charge in [-0.25, -0.2) is 9.97 Å². The van der Waals surface area contributed by atoms with E-state index in [-0.39, 0.29) is 0 Å². The van der Waals surface area contributed by atoms with Crippen LogP contribution in [-0.4, -0.2) is 9.97 Å². The molecule has 0 saturated heterocycles. The van der Waals surface area contributed by atoms with E-state index >= 15 is 0 Å². The van der Waals surface area contributed by atoms with E-state index in [2.05, 4.69) is 33.5 Å². The smallest absolute Gasteiger partial charge is 0.138 e. The number of nitrogens with one attached hydrogen (secondary N) is 1. The number of rotatable bonds is 2. The first kappa shape index (κ1) is 12.4. The molecule has 1 heterocycles. The van der Waals surface area contributed by atoms with Crippen LogP contribution in [0.1, 0.15) is 28.9 Å². The van der Waals surface area contributed by atoms with Crippen molar-refractivity contribution in [2.75, 3.05) is 5.32 Å². The number of nitrogens with zero attached hydrogens (tertiary/aromatic N) is 2. The lowest BCUT2D eigenvalue weighted by molar-refractivity contribution is 0.912. The molecular weight excluding hydrogens is 258 g/mol. The predicted octanol–water partition coefficient (Wildman–Crippen LogP) is 3.98. The Balaban J connectivity index is 1.93. The van der Waals surface area contributed by atoms with E-state index in [1.807, 2.05) is 13.8 Å². The van der Waals surface area contributed by atoms with E-state index in [1.54, 1.807) is 0 Å². The van der Waals surface area contributed by atoms with E-state index in [4.69, 9.17) is 11.6 Å². The third kappa shape index (κ3) is 2.43. The third-order valence-corrected chi connectivity index (χ3v) is 3.93. The van der Waals surface area contributed by atoms with Crippen LogP contribution in [0.2, 0.25) is 5.15 Å². The van der Waals surface area contributed by atoms with Gasteiger partial charge in [0.2, 0.25) is 0 Å². The number of halogens is 1. The minimum Gasteiger partial charge on any atom is -0.340 e. The number of aromatic nitrogens is 2. The van der Waals surface area contributed by atoms with Crippen LogP contribution in [0.4, 0.5) is 11.5 Å². The average Bonchev–Trinajstić information content (AvgIpc) is 2.82. The van der Waals surface area contributed by atoms with Gasteiger partial charge in [0, 0.05) is 11.3 Å². The van der Waals surface area contributed by atoms with Crippen LogP contribution in [0, 0.1) is 13.8 Å². The summed E-state index contributed by atoms with van der Waals surface area (Å²) in [5.41, 5.74) is 4.87. The van der Waals surface area contributed by atoms with Gasteiger partial charge in [-0.05, 0) is 56.4 Å². The van der Waals surface area contributed by atoms with E-state index < -0.39 is 0 Å². The molecule has 3 nitrogen and oxygen atoms in total. The van der Waals surface area contributed by atoms with Crippen LogP contribution in [-0.2, 0) is 12.8 Å². The summed E-state index contributed by atoms with van der Waals surface area (Å²) in [6.45, 7) is 3.77. The maximum atomic E-state index is 6.09. The Morgan fingerprint density at radius 2 is 1.89 bits per heavy atom. The largest absolute Gasteiger partial charge is 0.340 e. The van der Waals surface area contributed by atoms with Crippen molar-refractivity contribution in [1.82, 2.24) is 9.97 Å². The summed E-state index contributed by atoms with van der Waals surface area (Å²) in [5, 5.41) is 3.86. The molecule has 98 valence electrons. The summed E-state index contributed by atoms with van der Waals surface area (Å²) in [5.74, 6) is 1.47. The molecular formula is C15H16ClN3. The maximum Gasteiger partial charge on any atom is 0.138 e. The van der Waals surface area contributed by atoms with Crippen molar-refractivity contribution < 1.29 is 0 Å². The van der Waals surface area contributed by atoms with Crippen LogP contribution in [0.15, 0.2) is 18.2 Å². The molecule has 3 rings (SSSR count). The molecule has 0 spiro atoms. The highest BCUT2D eigenvalue weighted by Gasteiger charge is 2.12. The van der Waals surface area contributed by atoms with Crippen molar-refractivity contribution >= 4 is 23.1 Å². The van der Waals surface area contributed by atoms with Gasteiger partial charge in [0.05, 0.1) is 0 Å². The Kier molecular flexibility index (Phi) is 3.15. The number of hydrogen-bond donors (Lipinski definition) is 1. The lowest BCUT2D eigenvalue weighted by Crippen LogP contribution is -2.01. The molecule has 1 aromatic carbocycles. The van der Waals surface area contributed by atoms with Crippen molar-refractivity contribution in [2.24, 2.45) is 0 Å². The minimum atomic E-state index is 0.510. The summed E-state index contributed by atoms with van der Waals surface area (Å²) in [4.78, 5) is 8.56. The van der Waals surface area contributed by atoms with Crippen LogP contribution in [0.5, 0.6) is 0 Å². The Hall–Kier alpha value is -1.61. The maximum absolute atomic E-state index is 6.09. The van der Waals surface area contributed by atoms with Gasteiger partial charge in [0.1, 0.15) is 16.8 Å². The number of hydrogen-bond acceptors (Lipinski definition) is 3. The van der Waals surface area contributed by atoms with Gasteiger partial charge in [-0.3, -0.25) is 0 Å². The molecule has 2 aromatic rings. The Labute approximate surface area is 118 Å². The fourth-order valence-corrected chi connectivity index (χ4v) is 2.71. The van der Waals surface area contributed by atoms with Crippen LogP contribution < -0.4 is 5.32 Å². The van der Waals surface area contributed by atoms with Crippen molar-refractivity contribution in [3.05, 3.63) is 45.9 Å². The monoisotopic (exact) mass is 273 g/mol. The molecule has 0 atom stereocenters. The molecule has 1 aromatic heterocycles. The first-order chi connectivity index (χ1) is 9.13. The van der Waals surface area contributed by atoms with Crippen LogP contribution >= 0.6 is 11.6 Å². The molecule has 0 radical (unpaired) electrons. The fraction of sp³-hybridized carbons (Fsp3) is 0.333. The first-order valence-corrected chi connectivity index (χ1v) is 6.91. The lowest BCUT2D eigenvalue weighted by Gasteiger charge is -2.11. The molecule has 1 N–H and O–H groups in total. The molecule has 0 aliphatic heterocycles. The van der Waals surface area contributed by atoms with Crippen molar-refractivity contribution in [3.8, 4) is 0 Å². The van der Waals surface area contributed by atoms with Crippen molar-refractivity contribution in [2.45, 2.75) is 33.1 Å². The molecule has 0 fully saturated rings. The Morgan fingerprint density at radius 3 is 2.74 bits per heavy atom. The zero-order valence-electron chi connectivity index (χ0n) is 11.1. The highest BCUT2D eigenvalue weighted by Crippen LogP contribution is 2.28. The molecule has 0 unspecified atom stereocenters. The first-order valence-electron chi connectivity index (χ1n) is 6.53. The molecule has 0 saturated carbocycles. The highest BCUT2D eigenvalue weighted by atomic mass is 35.5. The minimum absolute atomic E-state index is 0.510. The van der Waals surface area contributed by atoms with E-state index in [0.717, 1.165) is 17.1 Å². The van der Waals surface area contributed by atoms with Gasteiger partial charge >= 0.3 is 0 Å². The highest BCUT2D eigenvalue weighted by molar-refractivity contribution is 6.30. The van der Waals surface area contributed by atoms with Gasteiger partial charge in [-0.2, -0.15) is 0 Å². The molecule has 1 aliphatic rings. The number of anilines is 2. The standard InChI is InChI=1S/C15H16ClN3/c1-9-14(16)17-10(2)18-15(9)19-13-7-6-11-4-3-5-12(11)8-13/h6-8H,3-5H2,1-2H3,(H,17,18,19). The van der Waals surface area contributed by atoms with Gasteiger partial charge in [-0.1, -0.05) is 17.7 Å². The van der Waals surface area contributed by atoms with E-state index in [1.165, 1.54) is 30.4 Å². The third-order valence-electron chi connectivity index (χ3n) is 3.56. The lowest BCUT2D eigenvalue weighted by atomic mass is 10.1. The number of fused-ring (bicyclic) bond motifs is 1. The topological polar surface area (TPSA) is 37.8 Å². The van der Waals surface area contributed by atoms with E-state index in [0.29, 0.717) is 11.0 Å². The zero-order valence-corrected chi connectivity index (χ0v) is 11.9. The summed E-state index contributed by atoms with van der Waals surface area (Å²) in [6.07, 6.45) is 3.64. The molecule has 19 heavy (non-hydrogen) atoms. The zero-order chi connectivity index (χ0) is 13.4. The second-order valence-electron chi connectivity index (χ2n) is 5.00.